The normalized spacial score (nSPS) is 32.5. The maximum atomic E-state index is 12.8. The molecule has 27 heavy (non-hydrogen) atoms. The lowest BCUT2D eigenvalue weighted by atomic mass is 9.53. The molecule has 2 aliphatic carbocycles. The SMILES string of the molecule is CCCS[C@@H]1c2ccc(O)c(O)c2[C@@]23CCN(C)[C@@H]1[C@H]2C=C(OC)C(=O)C3. The molecule has 0 radical (unpaired) electrons. The maximum Gasteiger partial charge on any atom is 0.197 e. The van der Waals surface area contributed by atoms with Gasteiger partial charge in [-0.2, -0.15) is 11.8 Å². The lowest BCUT2D eigenvalue weighted by Crippen LogP contribution is -2.61. The predicted octanol–water partition coefficient (Wildman–Crippen LogP) is 3.36. The predicted molar refractivity (Wildman–Crippen MR) is 106 cm³/mol. The Morgan fingerprint density at radius 1 is 1.37 bits per heavy atom. The van der Waals surface area contributed by atoms with Crippen molar-refractivity contribution in [3.05, 3.63) is 35.1 Å². The van der Waals surface area contributed by atoms with Crippen molar-refractivity contribution in [1.82, 2.24) is 4.90 Å². The summed E-state index contributed by atoms with van der Waals surface area (Å²) in [5, 5.41) is 21.3. The van der Waals surface area contributed by atoms with Crippen molar-refractivity contribution < 1.29 is 19.7 Å². The van der Waals surface area contributed by atoms with E-state index in [-0.39, 0.29) is 34.5 Å². The van der Waals surface area contributed by atoms with Gasteiger partial charge in [-0.15, -0.1) is 0 Å². The first-order valence-corrected chi connectivity index (χ1v) is 10.7. The van der Waals surface area contributed by atoms with Gasteiger partial charge < -0.3 is 19.8 Å². The van der Waals surface area contributed by atoms with Crippen LogP contribution in [0.1, 0.15) is 42.6 Å². The number of piperidine rings is 1. The van der Waals surface area contributed by atoms with Crippen molar-refractivity contribution >= 4 is 17.5 Å². The van der Waals surface area contributed by atoms with Gasteiger partial charge in [0.1, 0.15) is 0 Å². The van der Waals surface area contributed by atoms with Crippen molar-refractivity contribution in [3.8, 4) is 11.5 Å². The van der Waals surface area contributed by atoms with E-state index in [9.17, 15) is 15.0 Å². The molecule has 0 saturated carbocycles. The first-order chi connectivity index (χ1) is 12.9. The van der Waals surface area contributed by atoms with E-state index >= 15 is 0 Å². The summed E-state index contributed by atoms with van der Waals surface area (Å²) >= 11 is 1.90. The lowest BCUT2D eigenvalue weighted by Gasteiger charge is -2.59. The number of likely N-dealkylation sites (tertiary alicyclic amines) is 1. The molecule has 5 nitrogen and oxygen atoms in total. The number of methoxy groups -OCH3 is 1. The smallest absolute Gasteiger partial charge is 0.197 e. The van der Waals surface area contributed by atoms with E-state index in [2.05, 4.69) is 18.9 Å². The minimum Gasteiger partial charge on any atom is -0.504 e. The molecule has 0 unspecified atom stereocenters. The quantitative estimate of drug-likeness (QED) is 0.770. The largest absolute Gasteiger partial charge is 0.504 e. The van der Waals surface area contributed by atoms with Crippen LogP contribution >= 0.6 is 11.8 Å². The summed E-state index contributed by atoms with van der Waals surface area (Å²) in [4.78, 5) is 15.2. The van der Waals surface area contributed by atoms with E-state index in [0.717, 1.165) is 36.3 Å². The third-order valence-electron chi connectivity index (χ3n) is 6.53. The Bertz CT molecular complexity index is 808. The fourth-order valence-electron chi connectivity index (χ4n) is 5.34. The molecule has 6 heteroatoms. The van der Waals surface area contributed by atoms with Crippen molar-refractivity contribution in [2.45, 2.75) is 42.9 Å². The fourth-order valence-corrected chi connectivity index (χ4v) is 6.78. The molecule has 0 amide bonds. The Kier molecular flexibility index (Phi) is 4.67. The highest BCUT2D eigenvalue weighted by Gasteiger charge is 2.59. The first kappa shape index (κ1) is 18.7. The average Bonchev–Trinajstić information content (AvgIpc) is 2.65. The number of ether oxygens (including phenoxy) is 1. The Morgan fingerprint density at radius 2 is 2.15 bits per heavy atom. The standard InChI is InChI=1S/C21H27NO4S/c1-4-9-27-20-12-5-6-14(23)19(25)17(12)21-7-8-22(2)18(20)13(21)10-16(26-3)15(24)11-21/h5-6,10,13,18,20,23,25H,4,7-9,11H2,1-3H3/t13-,18-,20-,21-/m1/s1. The van der Waals surface area contributed by atoms with Crippen LogP contribution in [0.15, 0.2) is 24.0 Å². The van der Waals surface area contributed by atoms with Crippen LogP contribution in [-0.4, -0.2) is 53.4 Å². The van der Waals surface area contributed by atoms with Crippen LogP contribution in [0.2, 0.25) is 0 Å². The Labute approximate surface area is 164 Å². The van der Waals surface area contributed by atoms with Gasteiger partial charge in [0, 0.05) is 34.6 Å². The summed E-state index contributed by atoms with van der Waals surface area (Å²) < 4.78 is 5.38. The number of thioether (sulfide) groups is 1. The number of nitrogens with zero attached hydrogens (tertiary/aromatic N) is 1. The zero-order valence-corrected chi connectivity index (χ0v) is 16.9. The lowest BCUT2D eigenvalue weighted by molar-refractivity contribution is -0.122. The molecule has 1 aliphatic heterocycles. The molecule has 1 heterocycles. The second kappa shape index (κ2) is 6.74. The minimum atomic E-state index is -0.474. The van der Waals surface area contributed by atoms with Gasteiger partial charge in [-0.1, -0.05) is 13.0 Å². The van der Waals surface area contributed by atoms with E-state index in [1.165, 1.54) is 0 Å². The number of ketones is 1. The average molecular weight is 390 g/mol. The fraction of sp³-hybridized carbons (Fsp3) is 0.571. The van der Waals surface area contributed by atoms with Gasteiger partial charge in [0.15, 0.2) is 23.0 Å². The number of fused-ring (bicyclic) bond motifs is 1. The molecule has 1 aromatic carbocycles. The van der Waals surface area contributed by atoms with Gasteiger partial charge in [-0.25, -0.2) is 0 Å². The summed E-state index contributed by atoms with van der Waals surface area (Å²) in [6, 6.07) is 3.76. The van der Waals surface area contributed by atoms with Gasteiger partial charge in [-0.3, -0.25) is 4.79 Å². The van der Waals surface area contributed by atoms with Crippen molar-refractivity contribution in [2.75, 3.05) is 26.5 Å². The van der Waals surface area contributed by atoms with E-state index in [0.29, 0.717) is 12.2 Å². The molecule has 2 N–H and O–H groups in total. The van der Waals surface area contributed by atoms with Gasteiger partial charge in [0.05, 0.1) is 7.11 Å². The van der Waals surface area contributed by atoms with Crippen molar-refractivity contribution in [3.63, 3.8) is 0 Å². The van der Waals surface area contributed by atoms with E-state index in [4.69, 9.17) is 4.74 Å². The number of phenolic OH excluding ortho intramolecular Hbond substituents is 2. The topological polar surface area (TPSA) is 70.0 Å². The van der Waals surface area contributed by atoms with Gasteiger partial charge in [-0.05, 0) is 49.9 Å². The number of allylic oxidation sites excluding steroid dienone is 1. The molecular formula is C21H27NO4S. The number of benzene rings is 1. The van der Waals surface area contributed by atoms with Crippen LogP contribution in [0.3, 0.4) is 0 Å². The number of carbonyl (C=O) groups is 1. The Hall–Kier alpha value is -1.66. The van der Waals surface area contributed by atoms with E-state index in [1.54, 1.807) is 13.2 Å². The zero-order chi connectivity index (χ0) is 19.3. The Balaban J connectivity index is 1.98. The highest BCUT2D eigenvalue weighted by Crippen LogP contribution is 2.62. The number of phenols is 2. The zero-order valence-electron chi connectivity index (χ0n) is 16.1. The number of aromatic hydroxyl groups is 2. The molecule has 0 spiro atoms. The number of carbonyl (C=O) groups excluding carboxylic acids is 1. The second-order valence-corrected chi connectivity index (χ2v) is 9.18. The van der Waals surface area contributed by atoms with Crippen LogP contribution in [-0.2, 0) is 14.9 Å². The maximum absolute atomic E-state index is 12.8. The Morgan fingerprint density at radius 3 is 2.85 bits per heavy atom. The number of hydrogen-bond donors (Lipinski definition) is 2. The molecule has 1 saturated heterocycles. The van der Waals surface area contributed by atoms with E-state index in [1.807, 2.05) is 23.9 Å². The molecule has 3 aliphatic rings. The third-order valence-corrected chi connectivity index (χ3v) is 8.07. The molecule has 4 rings (SSSR count). The van der Waals surface area contributed by atoms with E-state index < -0.39 is 5.41 Å². The van der Waals surface area contributed by atoms with Crippen LogP contribution in [0.25, 0.3) is 0 Å². The second-order valence-electron chi connectivity index (χ2n) is 7.93. The third kappa shape index (κ3) is 2.60. The molecule has 1 aromatic rings. The van der Waals surface area contributed by atoms with Gasteiger partial charge in [0.2, 0.25) is 0 Å². The molecule has 0 aromatic heterocycles. The molecule has 146 valence electrons. The summed E-state index contributed by atoms with van der Waals surface area (Å²) in [6.45, 7) is 3.03. The highest BCUT2D eigenvalue weighted by molar-refractivity contribution is 7.99. The number of hydrogen-bond acceptors (Lipinski definition) is 6. The van der Waals surface area contributed by atoms with Crippen molar-refractivity contribution in [2.24, 2.45) is 5.92 Å². The van der Waals surface area contributed by atoms with Crippen LogP contribution < -0.4 is 0 Å². The van der Waals surface area contributed by atoms with Gasteiger partial charge in [0.25, 0.3) is 0 Å². The summed E-state index contributed by atoms with van der Waals surface area (Å²) in [5.41, 5.74) is 1.38. The summed E-state index contributed by atoms with van der Waals surface area (Å²) in [5.74, 6) is 1.34. The monoisotopic (exact) mass is 389 g/mol. The molecule has 4 atom stereocenters. The molecular weight excluding hydrogens is 362 g/mol. The molecule has 2 bridgehead atoms. The highest BCUT2D eigenvalue weighted by atomic mass is 32.2. The van der Waals surface area contributed by atoms with Crippen LogP contribution in [0.4, 0.5) is 0 Å². The minimum absolute atomic E-state index is 0.0228. The van der Waals surface area contributed by atoms with Gasteiger partial charge >= 0.3 is 0 Å². The first-order valence-electron chi connectivity index (χ1n) is 9.60. The molecule has 1 fully saturated rings. The summed E-state index contributed by atoms with van der Waals surface area (Å²) in [7, 11) is 3.70. The van der Waals surface area contributed by atoms with Crippen LogP contribution in [0, 0.1) is 5.92 Å². The number of likely N-dealkylation sites (N-methyl/N-ethyl adjacent to an activating group) is 1. The number of rotatable bonds is 4. The summed E-state index contributed by atoms with van der Waals surface area (Å²) in [6.07, 6.45) is 4.15. The van der Waals surface area contributed by atoms with Crippen LogP contribution in [0.5, 0.6) is 11.5 Å². The number of Topliss-reactive ketones (excluding diaryl/α,β-unsaturated/α-hetero) is 1. The van der Waals surface area contributed by atoms with Crippen molar-refractivity contribution in [1.29, 1.82) is 0 Å².